The molecule has 3 rings (SSSR count). The van der Waals surface area contributed by atoms with E-state index in [0.717, 1.165) is 55.1 Å². The van der Waals surface area contributed by atoms with E-state index < -0.39 is 0 Å². The summed E-state index contributed by atoms with van der Waals surface area (Å²) in [4.78, 5) is 14.9. The Kier molecular flexibility index (Phi) is 5.84. The Morgan fingerprint density at radius 3 is 2.64 bits per heavy atom. The van der Waals surface area contributed by atoms with Gasteiger partial charge in [0.2, 0.25) is 0 Å². The van der Waals surface area contributed by atoms with E-state index in [9.17, 15) is 4.79 Å². The molecule has 2 aromatic rings. The minimum atomic E-state index is -0.0141. The number of morpholine rings is 1. The summed E-state index contributed by atoms with van der Waals surface area (Å²) in [7, 11) is 0. The second-order valence-corrected chi connectivity index (χ2v) is 6.71. The van der Waals surface area contributed by atoms with E-state index in [2.05, 4.69) is 34.5 Å². The molecule has 132 valence electrons. The number of nitrogens with one attached hydrogen (secondary N) is 1. The molecule has 1 aliphatic rings. The van der Waals surface area contributed by atoms with Crippen LogP contribution >= 0.6 is 0 Å². The first kappa shape index (κ1) is 17.6. The number of carbonyl (C=O) groups is 1. The van der Waals surface area contributed by atoms with Gasteiger partial charge in [0, 0.05) is 31.7 Å². The highest BCUT2D eigenvalue weighted by atomic mass is 16.5. The van der Waals surface area contributed by atoms with Crippen LogP contribution in [0.4, 0.5) is 0 Å². The molecular weight excluding hydrogens is 312 g/mol. The molecule has 25 heavy (non-hydrogen) atoms. The van der Waals surface area contributed by atoms with Crippen LogP contribution in [0, 0.1) is 13.8 Å². The van der Waals surface area contributed by atoms with Gasteiger partial charge in [0.25, 0.3) is 5.91 Å². The van der Waals surface area contributed by atoms with Crippen LogP contribution in [0.1, 0.15) is 32.6 Å². The molecule has 4 nitrogen and oxygen atoms in total. The number of nitrogens with zero attached hydrogens (tertiary/aromatic N) is 1. The number of hydrogen-bond acceptors (Lipinski definition) is 3. The second-order valence-electron chi connectivity index (χ2n) is 6.71. The van der Waals surface area contributed by atoms with Crippen LogP contribution in [0.2, 0.25) is 0 Å². The number of aryl methyl sites for hydroxylation is 2. The van der Waals surface area contributed by atoms with Crippen LogP contribution in [-0.2, 0) is 17.8 Å². The molecule has 1 amide bonds. The van der Waals surface area contributed by atoms with Crippen molar-refractivity contribution in [3.8, 4) is 0 Å². The van der Waals surface area contributed by atoms with Gasteiger partial charge in [-0.3, -0.25) is 9.69 Å². The molecule has 0 atom stereocenters. The van der Waals surface area contributed by atoms with Crippen molar-refractivity contribution >= 4 is 5.91 Å². The number of benzene rings is 2. The lowest BCUT2D eigenvalue weighted by atomic mass is 10.0. The molecule has 1 saturated heterocycles. The largest absolute Gasteiger partial charge is 0.379 e. The molecule has 1 N–H and O–H groups in total. The highest BCUT2D eigenvalue weighted by molar-refractivity contribution is 5.95. The van der Waals surface area contributed by atoms with Gasteiger partial charge >= 0.3 is 0 Å². The summed E-state index contributed by atoms with van der Waals surface area (Å²) in [5.74, 6) is -0.0141. The van der Waals surface area contributed by atoms with Crippen molar-refractivity contribution in [2.45, 2.75) is 26.9 Å². The molecular formula is C21H26N2O2. The maximum Gasteiger partial charge on any atom is 0.251 e. The molecule has 1 fully saturated rings. The third-order valence-corrected chi connectivity index (χ3v) is 4.59. The maximum absolute atomic E-state index is 12.5. The third-order valence-electron chi connectivity index (χ3n) is 4.59. The highest BCUT2D eigenvalue weighted by Gasteiger charge is 2.12. The summed E-state index contributed by atoms with van der Waals surface area (Å²) in [6, 6.07) is 14.4. The van der Waals surface area contributed by atoms with E-state index in [4.69, 9.17) is 4.74 Å². The molecule has 1 aliphatic heterocycles. The lowest BCUT2D eigenvalue weighted by molar-refractivity contribution is 0.0342. The van der Waals surface area contributed by atoms with Crippen molar-refractivity contribution in [3.05, 3.63) is 70.3 Å². The zero-order valence-electron chi connectivity index (χ0n) is 15.0. The predicted molar refractivity (Wildman–Crippen MR) is 99.6 cm³/mol. The van der Waals surface area contributed by atoms with E-state index in [-0.39, 0.29) is 5.91 Å². The van der Waals surface area contributed by atoms with Crippen LogP contribution in [0.15, 0.2) is 42.5 Å². The molecule has 0 bridgehead atoms. The van der Waals surface area contributed by atoms with Crippen LogP contribution in [0.25, 0.3) is 0 Å². The summed E-state index contributed by atoms with van der Waals surface area (Å²) in [6.07, 6.45) is 0. The molecule has 1 heterocycles. The molecule has 0 saturated carbocycles. The summed E-state index contributed by atoms with van der Waals surface area (Å²) in [5, 5.41) is 3.04. The van der Waals surface area contributed by atoms with Gasteiger partial charge in [0.15, 0.2) is 0 Å². The second kappa shape index (κ2) is 8.28. The molecule has 2 aromatic carbocycles. The van der Waals surface area contributed by atoms with Gasteiger partial charge in [-0.15, -0.1) is 0 Å². The standard InChI is InChI=1S/C21H26N2O2/c1-16-6-7-17(2)20(12-16)21(24)22-14-18-4-3-5-19(13-18)15-23-8-10-25-11-9-23/h3-7,12-13H,8-11,14-15H2,1-2H3,(H,22,24). The van der Waals surface area contributed by atoms with Crippen molar-refractivity contribution in [1.82, 2.24) is 10.2 Å². The Morgan fingerprint density at radius 1 is 1.08 bits per heavy atom. The molecule has 0 unspecified atom stereocenters. The van der Waals surface area contributed by atoms with Gasteiger partial charge in [0.05, 0.1) is 13.2 Å². The minimum Gasteiger partial charge on any atom is -0.379 e. The third kappa shape index (κ3) is 4.91. The van der Waals surface area contributed by atoms with Crippen molar-refractivity contribution < 1.29 is 9.53 Å². The van der Waals surface area contributed by atoms with Crippen LogP contribution < -0.4 is 5.32 Å². The first-order chi connectivity index (χ1) is 12.1. The van der Waals surface area contributed by atoms with Crippen molar-refractivity contribution in [2.75, 3.05) is 26.3 Å². The lowest BCUT2D eigenvalue weighted by Gasteiger charge is -2.26. The summed E-state index contributed by atoms with van der Waals surface area (Å²) in [5.41, 5.74) is 5.27. The summed E-state index contributed by atoms with van der Waals surface area (Å²) in [6.45, 7) is 9.03. The summed E-state index contributed by atoms with van der Waals surface area (Å²) < 4.78 is 5.40. The Bertz CT molecular complexity index is 736. The van der Waals surface area contributed by atoms with Gasteiger partial charge < -0.3 is 10.1 Å². The van der Waals surface area contributed by atoms with Crippen molar-refractivity contribution in [1.29, 1.82) is 0 Å². The van der Waals surface area contributed by atoms with Crippen LogP contribution in [-0.4, -0.2) is 37.1 Å². The van der Waals surface area contributed by atoms with Gasteiger partial charge in [0.1, 0.15) is 0 Å². The van der Waals surface area contributed by atoms with Crippen molar-refractivity contribution in [2.24, 2.45) is 0 Å². The fourth-order valence-corrected chi connectivity index (χ4v) is 3.11. The summed E-state index contributed by atoms with van der Waals surface area (Å²) >= 11 is 0. The fourth-order valence-electron chi connectivity index (χ4n) is 3.11. The van der Waals surface area contributed by atoms with Gasteiger partial charge in [-0.1, -0.05) is 42.0 Å². The lowest BCUT2D eigenvalue weighted by Crippen LogP contribution is -2.35. The topological polar surface area (TPSA) is 41.6 Å². The number of rotatable bonds is 5. The van der Waals surface area contributed by atoms with Crippen LogP contribution in [0.5, 0.6) is 0 Å². The smallest absolute Gasteiger partial charge is 0.251 e. The molecule has 4 heteroatoms. The van der Waals surface area contributed by atoms with Gasteiger partial charge in [-0.05, 0) is 36.6 Å². The maximum atomic E-state index is 12.5. The quantitative estimate of drug-likeness (QED) is 0.911. The zero-order chi connectivity index (χ0) is 17.6. The average Bonchev–Trinajstić information content (AvgIpc) is 2.63. The Morgan fingerprint density at radius 2 is 1.84 bits per heavy atom. The molecule has 0 spiro atoms. The molecule has 0 aliphatic carbocycles. The zero-order valence-corrected chi connectivity index (χ0v) is 15.0. The van der Waals surface area contributed by atoms with E-state index in [1.165, 1.54) is 5.56 Å². The van der Waals surface area contributed by atoms with E-state index in [0.29, 0.717) is 6.54 Å². The highest BCUT2D eigenvalue weighted by Crippen LogP contribution is 2.12. The Balaban J connectivity index is 1.60. The predicted octanol–water partition coefficient (Wildman–Crippen LogP) is 3.07. The van der Waals surface area contributed by atoms with E-state index in [1.54, 1.807) is 0 Å². The van der Waals surface area contributed by atoms with E-state index >= 15 is 0 Å². The first-order valence-corrected chi connectivity index (χ1v) is 8.85. The number of amides is 1. The van der Waals surface area contributed by atoms with E-state index in [1.807, 2.05) is 32.0 Å². The normalized spacial score (nSPS) is 15.1. The first-order valence-electron chi connectivity index (χ1n) is 8.85. The monoisotopic (exact) mass is 338 g/mol. The number of carbonyl (C=O) groups excluding carboxylic acids is 1. The fraction of sp³-hybridized carbons (Fsp3) is 0.381. The average molecular weight is 338 g/mol. The van der Waals surface area contributed by atoms with Gasteiger partial charge in [-0.2, -0.15) is 0 Å². The van der Waals surface area contributed by atoms with Gasteiger partial charge in [-0.25, -0.2) is 0 Å². The minimum absolute atomic E-state index is 0.0141. The van der Waals surface area contributed by atoms with Crippen LogP contribution in [0.3, 0.4) is 0 Å². The number of ether oxygens (including phenoxy) is 1. The SMILES string of the molecule is Cc1ccc(C)c(C(=O)NCc2cccc(CN3CCOCC3)c2)c1. The Hall–Kier alpha value is -2.17. The van der Waals surface area contributed by atoms with Crippen molar-refractivity contribution in [3.63, 3.8) is 0 Å². The Labute approximate surface area is 149 Å². The molecule has 0 radical (unpaired) electrons. The molecule has 0 aromatic heterocycles. The number of hydrogen-bond donors (Lipinski definition) is 1.